The van der Waals surface area contributed by atoms with Gasteiger partial charge < -0.3 is 15.8 Å². The number of carbonyl (C=O) groups excluding carboxylic acids is 1. The fourth-order valence-corrected chi connectivity index (χ4v) is 2.20. The van der Waals surface area contributed by atoms with Gasteiger partial charge in [0.2, 0.25) is 5.91 Å². The van der Waals surface area contributed by atoms with E-state index in [-0.39, 0.29) is 11.9 Å². The van der Waals surface area contributed by atoms with Crippen LogP contribution in [0.15, 0.2) is 54.6 Å². The summed E-state index contributed by atoms with van der Waals surface area (Å²) in [5, 5.41) is 3.00. The van der Waals surface area contributed by atoms with Gasteiger partial charge in [0, 0.05) is 0 Å². The third-order valence-corrected chi connectivity index (χ3v) is 3.36. The van der Waals surface area contributed by atoms with Crippen molar-refractivity contribution in [2.24, 2.45) is 5.73 Å². The van der Waals surface area contributed by atoms with Crippen LogP contribution in [0.25, 0.3) is 0 Å². The lowest BCUT2D eigenvalue weighted by molar-refractivity contribution is -0.122. The molecule has 2 aromatic rings. The second-order valence-corrected chi connectivity index (χ2v) is 5.14. The molecule has 0 aliphatic heterocycles. The minimum absolute atomic E-state index is 0.178. The quantitative estimate of drug-likeness (QED) is 0.861. The SMILES string of the molecule is CCOc1ccc(C(NC(=O)C(C)N)c2ccccc2)cc1. The first-order valence-electron chi connectivity index (χ1n) is 7.45. The van der Waals surface area contributed by atoms with E-state index in [0.29, 0.717) is 6.61 Å². The van der Waals surface area contributed by atoms with Gasteiger partial charge in [-0.1, -0.05) is 42.5 Å². The molecule has 0 saturated carbocycles. The smallest absolute Gasteiger partial charge is 0.237 e. The van der Waals surface area contributed by atoms with Gasteiger partial charge in [-0.15, -0.1) is 0 Å². The average Bonchev–Trinajstić information content (AvgIpc) is 2.54. The first kappa shape index (κ1) is 16.0. The fraction of sp³-hybridized carbons (Fsp3) is 0.278. The van der Waals surface area contributed by atoms with Gasteiger partial charge in [-0.25, -0.2) is 0 Å². The van der Waals surface area contributed by atoms with Crippen LogP contribution in [0.3, 0.4) is 0 Å². The molecule has 0 radical (unpaired) electrons. The molecule has 0 fully saturated rings. The predicted molar refractivity (Wildman–Crippen MR) is 87.7 cm³/mol. The number of carbonyl (C=O) groups is 1. The Morgan fingerprint density at radius 2 is 1.68 bits per heavy atom. The van der Waals surface area contributed by atoms with E-state index in [1.165, 1.54) is 0 Å². The summed E-state index contributed by atoms with van der Waals surface area (Å²) in [6.45, 7) is 4.25. The van der Waals surface area contributed by atoms with Crippen molar-refractivity contribution in [1.29, 1.82) is 0 Å². The molecule has 3 N–H and O–H groups in total. The maximum Gasteiger partial charge on any atom is 0.237 e. The van der Waals surface area contributed by atoms with Crippen LogP contribution in [-0.4, -0.2) is 18.6 Å². The Morgan fingerprint density at radius 1 is 1.09 bits per heavy atom. The highest BCUT2D eigenvalue weighted by Crippen LogP contribution is 2.24. The molecule has 0 aromatic heterocycles. The van der Waals surface area contributed by atoms with Crippen molar-refractivity contribution in [3.05, 3.63) is 65.7 Å². The fourth-order valence-electron chi connectivity index (χ4n) is 2.20. The minimum Gasteiger partial charge on any atom is -0.494 e. The monoisotopic (exact) mass is 298 g/mol. The Hall–Kier alpha value is -2.33. The molecule has 22 heavy (non-hydrogen) atoms. The van der Waals surface area contributed by atoms with Crippen LogP contribution in [0.1, 0.15) is 31.0 Å². The molecule has 0 heterocycles. The predicted octanol–water partition coefficient (Wildman–Crippen LogP) is 2.64. The van der Waals surface area contributed by atoms with E-state index in [1.807, 2.05) is 61.5 Å². The standard InChI is InChI=1S/C18H22N2O2/c1-3-22-16-11-9-15(10-12-16)17(20-18(21)13(2)19)14-7-5-4-6-8-14/h4-13,17H,3,19H2,1-2H3,(H,20,21). The molecular formula is C18H22N2O2. The number of nitrogens with two attached hydrogens (primary N) is 1. The van der Waals surface area contributed by atoms with Crippen molar-refractivity contribution in [2.45, 2.75) is 25.9 Å². The van der Waals surface area contributed by atoms with Gasteiger partial charge in [-0.05, 0) is 37.1 Å². The van der Waals surface area contributed by atoms with E-state index in [4.69, 9.17) is 10.5 Å². The van der Waals surface area contributed by atoms with Gasteiger partial charge in [-0.2, -0.15) is 0 Å². The second-order valence-electron chi connectivity index (χ2n) is 5.14. The highest BCUT2D eigenvalue weighted by Gasteiger charge is 2.18. The van der Waals surface area contributed by atoms with Gasteiger partial charge in [0.05, 0.1) is 18.7 Å². The molecule has 4 nitrogen and oxygen atoms in total. The van der Waals surface area contributed by atoms with E-state index < -0.39 is 6.04 Å². The highest BCUT2D eigenvalue weighted by molar-refractivity contribution is 5.81. The molecule has 2 rings (SSSR count). The Kier molecular flexibility index (Phi) is 5.55. The van der Waals surface area contributed by atoms with E-state index in [1.54, 1.807) is 6.92 Å². The molecule has 0 spiro atoms. The summed E-state index contributed by atoms with van der Waals surface area (Å²) in [6, 6.07) is 16.8. The topological polar surface area (TPSA) is 64.3 Å². The van der Waals surface area contributed by atoms with Crippen molar-refractivity contribution in [3.63, 3.8) is 0 Å². The number of nitrogens with one attached hydrogen (secondary N) is 1. The van der Waals surface area contributed by atoms with Crippen LogP contribution in [0.2, 0.25) is 0 Å². The van der Waals surface area contributed by atoms with Gasteiger partial charge in [0.1, 0.15) is 5.75 Å². The number of hydrogen-bond donors (Lipinski definition) is 2. The third-order valence-electron chi connectivity index (χ3n) is 3.36. The maximum absolute atomic E-state index is 12.0. The van der Waals surface area contributed by atoms with Crippen molar-refractivity contribution >= 4 is 5.91 Å². The molecule has 0 aliphatic carbocycles. The number of ether oxygens (including phenoxy) is 1. The first-order valence-corrected chi connectivity index (χ1v) is 7.45. The zero-order valence-electron chi connectivity index (χ0n) is 13.0. The molecule has 2 aromatic carbocycles. The van der Waals surface area contributed by atoms with E-state index >= 15 is 0 Å². The van der Waals surface area contributed by atoms with Crippen LogP contribution < -0.4 is 15.8 Å². The molecule has 116 valence electrons. The van der Waals surface area contributed by atoms with E-state index in [9.17, 15) is 4.79 Å². The molecule has 2 unspecified atom stereocenters. The zero-order chi connectivity index (χ0) is 15.9. The minimum atomic E-state index is -0.547. The number of rotatable bonds is 6. The normalized spacial score (nSPS) is 13.2. The summed E-state index contributed by atoms with van der Waals surface area (Å²) in [5.74, 6) is 0.638. The summed E-state index contributed by atoms with van der Waals surface area (Å²) in [6.07, 6.45) is 0. The van der Waals surface area contributed by atoms with Crippen LogP contribution >= 0.6 is 0 Å². The van der Waals surface area contributed by atoms with Crippen molar-refractivity contribution < 1.29 is 9.53 Å². The lowest BCUT2D eigenvalue weighted by atomic mass is 9.98. The van der Waals surface area contributed by atoms with Gasteiger partial charge in [0.15, 0.2) is 0 Å². The lowest BCUT2D eigenvalue weighted by Gasteiger charge is -2.21. The number of benzene rings is 2. The van der Waals surface area contributed by atoms with Crippen molar-refractivity contribution in [2.75, 3.05) is 6.61 Å². The average molecular weight is 298 g/mol. The van der Waals surface area contributed by atoms with Crippen LogP contribution in [0.5, 0.6) is 5.75 Å². The maximum atomic E-state index is 12.0. The zero-order valence-corrected chi connectivity index (χ0v) is 13.0. The summed E-state index contributed by atoms with van der Waals surface area (Å²) in [5.41, 5.74) is 7.68. The Bertz CT molecular complexity index is 594. The number of amides is 1. The van der Waals surface area contributed by atoms with Gasteiger partial charge in [0.25, 0.3) is 0 Å². The summed E-state index contributed by atoms with van der Waals surface area (Å²) in [4.78, 5) is 12.0. The molecular weight excluding hydrogens is 276 g/mol. The molecule has 0 bridgehead atoms. The summed E-state index contributed by atoms with van der Waals surface area (Å²) >= 11 is 0. The molecule has 4 heteroatoms. The number of hydrogen-bond acceptors (Lipinski definition) is 3. The Labute approximate surface area is 131 Å². The van der Waals surface area contributed by atoms with Crippen LogP contribution in [0, 0.1) is 0 Å². The molecule has 1 amide bonds. The molecule has 0 aliphatic rings. The highest BCUT2D eigenvalue weighted by atomic mass is 16.5. The summed E-state index contributed by atoms with van der Waals surface area (Å²) in [7, 11) is 0. The van der Waals surface area contributed by atoms with Gasteiger partial charge >= 0.3 is 0 Å². The molecule has 0 saturated heterocycles. The third kappa shape index (κ3) is 4.09. The van der Waals surface area contributed by atoms with Crippen LogP contribution in [0.4, 0.5) is 0 Å². The van der Waals surface area contributed by atoms with E-state index in [2.05, 4.69) is 5.32 Å². The largest absolute Gasteiger partial charge is 0.494 e. The van der Waals surface area contributed by atoms with Gasteiger partial charge in [-0.3, -0.25) is 4.79 Å². The van der Waals surface area contributed by atoms with E-state index in [0.717, 1.165) is 16.9 Å². The second kappa shape index (κ2) is 7.61. The first-order chi connectivity index (χ1) is 10.6. The molecule has 2 atom stereocenters. The van der Waals surface area contributed by atoms with Crippen molar-refractivity contribution in [3.8, 4) is 5.75 Å². The summed E-state index contributed by atoms with van der Waals surface area (Å²) < 4.78 is 5.46. The Morgan fingerprint density at radius 3 is 2.23 bits per heavy atom. The Balaban J connectivity index is 2.29. The van der Waals surface area contributed by atoms with Crippen molar-refractivity contribution in [1.82, 2.24) is 5.32 Å². The lowest BCUT2D eigenvalue weighted by Crippen LogP contribution is -2.40. The van der Waals surface area contributed by atoms with Crippen LogP contribution in [-0.2, 0) is 4.79 Å².